The molecule has 2 rings (SSSR count). The Balaban J connectivity index is 0.00000242. The molecule has 1 aromatic rings. The molecule has 126 valence electrons. The average molecular weight is 341 g/mol. The van der Waals surface area contributed by atoms with E-state index in [1.165, 1.54) is 6.07 Å². The maximum atomic E-state index is 13.1. The highest BCUT2D eigenvalue weighted by Crippen LogP contribution is 2.33. The van der Waals surface area contributed by atoms with Gasteiger partial charge >= 0.3 is 6.18 Å². The van der Waals surface area contributed by atoms with Crippen LogP contribution >= 0.6 is 12.4 Å². The van der Waals surface area contributed by atoms with Crippen LogP contribution in [0.25, 0.3) is 0 Å². The first-order valence-corrected chi connectivity index (χ1v) is 7.12. The number of nitrogens with one attached hydrogen (secondary N) is 1. The summed E-state index contributed by atoms with van der Waals surface area (Å²) in [7, 11) is 1.88. The van der Waals surface area contributed by atoms with Crippen molar-refractivity contribution in [2.24, 2.45) is 5.92 Å². The lowest BCUT2D eigenvalue weighted by atomic mass is 9.97. The molecule has 0 bridgehead atoms. The van der Waals surface area contributed by atoms with E-state index in [1.807, 2.05) is 11.9 Å². The van der Waals surface area contributed by atoms with Gasteiger partial charge in [0.25, 0.3) is 0 Å². The quantitative estimate of drug-likeness (QED) is 0.841. The van der Waals surface area contributed by atoms with Crippen molar-refractivity contribution in [1.82, 2.24) is 10.2 Å². The maximum absolute atomic E-state index is 13.1. The second-order valence-electron chi connectivity index (χ2n) is 5.60. The first-order chi connectivity index (χ1) is 9.90. The minimum absolute atomic E-state index is 0. The fraction of sp³-hybridized carbons (Fsp3) is 0.600. The van der Waals surface area contributed by atoms with Gasteiger partial charge in [-0.15, -0.1) is 12.4 Å². The third-order valence-electron chi connectivity index (χ3n) is 3.87. The van der Waals surface area contributed by atoms with Crippen molar-refractivity contribution in [3.63, 3.8) is 0 Å². The first kappa shape index (κ1) is 19.2. The monoisotopic (exact) mass is 340 g/mol. The molecule has 1 aromatic carbocycles. The molecule has 0 aromatic heterocycles. The molecule has 1 fully saturated rings. The van der Waals surface area contributed by atoms with Crippen molar-refractivity contribution in [2.75, 3.05) is 26.7 Å². The van der Waals surface area contributed by atoms with Crippen molar-refractivity contribution >= 4 is 12.4 Å². The molecular weight excluding hydrogens is 320 g/mol. The third-order valence-corrected chi connectivity index (χ3v) is 3.87. The van der Waals surface area contributed by atoms with Gasteiger partial charge in [0, 0.05) is 13.1 Å². The Kier molecular flexibility index (Phi) is 7.09. The molecule has 0 amide bonds. The Hall–Kier alpha value is -0.850. The summed E-state index contributed by atoms with van der Waals surface area (Å²) in [5.74, 6) is -0.392. The third kappa shape index (κ3) is 5.11. The smallest absolute Gasteiger partial charge is 0.319 e. The zero-order chi connectivity index (χ0) is 15.5. The molecule has 1 heterocycles. The molecule has 2 nitrogen and oxygen atoms in total. The summed E-state index contributed by atoms with van der Waals surface area (Å²) in [5.41, 5.74) is -0.716. The Morgan fingerprint density at radius 2 is 2.05 bits per heavy atom. The summed E-state index contributed by atoms with van der Waals surface area (Å²) in [6.07, 6.45) is -2.45. The van der Waals surface area contributed by atoms with E-state index < -0.39 is 17.6 Å². The van der Waals surface area contributed by atoms with E-state index in [4.69, 9.17) is 0 Å². The van der Waals surface area contributed by atoms with Crippen LogP contribution in [0.5, 0.6) is 0 Å². The molecule has 1 aliphatic rings. The van der Waals surface area contributed by atoms with E-state index in [1.54, 1.807) is 0 Å². The minimum atomic E-state index is -4.52. The molecule has 22 heavy (non-hydrogen) atoms. The molecule has 0 radical (unpaired) electrons. The maximum Gasteiger partial charge on any atom is 0.416 e. The van der Waals surface area contributed by atoms with Crippen molar-refractivity contribution in [2.45, 2.75) is 25.6 Å². The number of rotatable bonds is 4. The number of benzene rings is 1. The lowest BCUT2D eigenvalue weighted by molar-refractivity contribution is -0.138. The zero-order valence-electron chi connectivity index (χ0n) is 12.4. The van der Waals surface area contributed by atoms with Gasteiger partial charge in [-0.05, 0) is 56.6 Å². The Bertz CT molecular complexity index is 477. The van der Waals surface area contributed by atoms with E-state index in [0.717, 1.165) is 38.5 Å². The second kappa shape index (κ2) is 8.13. The molecule has 0 saturated carbocycles. The first-order valence-electron chi connectivity index (χ1n) is 7.12. The molecule has 1 unspecified atom stereocenters. The van der Waals surface area contributed by atoms with Crippen LogP contribution in [0, 0.1) is 11.7 Å². The molecule has 1 N–H and O–H groups in total. The van der Waals surface area contributed by atoms with Gasteiger partial charge in [0.2, 0.25) is 0 Å². The number of halogens is 5. The van der Waals surface area contributed by atoms with Crippen molar-refractivity contribution < 1.29 is 17.6 Å². The largest absolute Gasteiger partial charge is 0.416 e. The molecule has 0 aliphatic carbocycles. The molecule has 1 aliphatic heterocycles. The van der Waals surface area contributed by atoms with Crippen LogP contribution in [0.15, 0.2) is 18.2 Å². The fourth-order valence-electron chi connectivity index (χ4n) is 2.94. The summed E-state index contributed by atoms with van der Waals surface area (Å²) in [6.45, 7) is 2.64. The number of alkyl halides is 3. The summed E-state index contributed by atoms with van der Waals surface area (Å²) in [5, 5.41) is 3.11. The Labute approximate surface area is 134 Å². The highest BCUT2D eigenvalue weighted by molar-refractivity contribution is 5.85. The predicted molar refractivity (Wildman–Crippen MR) is 80.6 cm³/mol. The van der Waals surface area contributed by atoms with E-state index in [0.29, 0.717) is 12.0 Å². The highest BCUT2D eigenvalue weighted by Gasteiger charge is 2.34. The van der Waals surface area contributed by atoms with E-state index in [9.17, 15) is 17.6 Å². The van der Waals surface area contributed by atoms with Gasteiger partial charge in [0.1, 0.15) is 5.82 Å². The number of hydrogen-bond donors (Lipinski definition) is 1. The molecule has 7 heteroatoms. The summed E-state index contributed by atoms with van der Waals surface area (Å²) >= 11 is 0. The number of hydrogen-bond acceptors (Lipinski definition) is 2. The summed E-state index contributed by atoms with van der Waals surface area (Å²) < 4.78 is 52.1. The van der Waals surface area contributed by atoms with Crippen LogP contribution in [0.4, 0.5) is 17.6 Å². The molecular formula is C15H21ClF4N2. The Morgan fingerprint density at radius 1 is 1.32 bits per heavy atom. The highest BCUT2D eigenvalue weighted by atomic mass is 35.5. The number of piperidine rings is 1. The summed E-state index contributed by atoms with van der Waals surface area (Å²) in [6, 6.07) is 2.93. The minimum Gasteiger partial charge on any atom is -0.319 e. The van der Waals surface area contributed by atoms with Gasteiger partial charge in [-0.25, -0.2) is 4.39 Å². The molecule has 1 saturated heterocycles. The lowest BCUT2D eigenvalue weighted by Gasteiger charge is -2.33. The van der Waals surface area contributed by atoms with E-state index >= 15 is 0 Å². The van der Waals surface area contributed by atoms with Crippen LogP contribution in [0.1, 0.15) is 24.0 Å². The molecule has 1 atom stereocenters. The standard InChI is InChI=1S/C15H20F4N2.ClH/c1-20-8-11-3-2-6-21(9-11)10-12-4-5-13(16)7-14(12)15(17,18)19;/h4-5,7,11,20H,2-3,6,8-10H2,1H3;1H. The van der Waals surface area contributed by atoms with Gasteiger partial charge < -0.3 is 5.32 Å². The SMILES string of the molecule is CNCC1CCCN(Cc2ccc(F)cc2C(F)(F)F)C1.Cl. The van der Waals surface area contributed by atoms with Crippen molar-refractivity contribution in [1.29, 1.82) is 0 Å². The topological polar surface area (TPSA) is 15.3 Å². The summed E-state index contributed by atoms with van der Waals surface area (Å²) in [4.78, 5) is 2.02. The number of likely N-dealkylation sites (tertiary alicyclic amines) is 1. The van der Waals surface area contributed by atoms with Gasteiger partial charge in [-0.2, -0.15) is 13.2 Å². The zero-order valence-corrected chi connectivity index (χ0v) is 13.2. The van der Waals surface area contributed by atoms with E-state index in [-0.39, 0.29) is 24.5 Å². The van der Waals surface area contributed by atoms with Gasteiger partial charge in [0.05, 0.1) is 5.56 Å². The fourth-order valence-corrected chi connectivity index (χ4v) is 2.94. The number of nitrogens with zero attached hydrogens (tertiary/aromatic N) is 1. The normalized spacial score (nSPS) is 19.8. The van der Waals surface area contributed by atoms with Gasteiger partial charge in [-0.3, -0.25) is 4.90 Å². The van der Waals surface area contributed by atoms with Crippen LogP contribution in [0.2, 0.25) is 0 Å². The average Bonchev–Trinajstić information content (AvgIpc) is 2.40. The molecule has 0 spiro atoms. The van der Waals surface area contributed by atoms with E-state index in [2.05, 4.69) is 5.32 Å². The van der Waals surface area contributed by atoms with Crippen LogP contribution in [-0.4, -0.2) is 31.6 Å². The van der Waals surface area contributed by atoms with Gasteiger partial charge in [0.15, 0.2) is 0 Å². The van der Waals surface area contributed by atoms with Crippen LogP contribution < -0.4 is 5.32 Å². The predicted octanol–water partition coefficient (Wildman–Crippen LogP) is 3.70. The van der Waals surface area contributed by atoms with Crippen molar-refractivity contribution in [3.8, 4) is 0 Å². The van der Waals surface area contributed by atoms with Crippen molar-refractivity contribution in [3.05, 3.63) is 35.1 Å². The van der Waals surface area contributed by atoms with Crippen LogP contribution in [-0.2, 0) is 12.7 Å². The van der Waals surface area contributed by atoms with Crippen LogP contribution in [0.3, 0.4) is 0 Å². The van der Waals surface area contributed by atoms with Gasteiger partial charge in [-0.1, -0.05) is 6.07 Å². The second-order valence-corrected chi connectivity index (χ2v) is 5.60. The lowest BCUT2D eigenvalue weighted by Crippen LogP contribution is -2.38. The Morgan fingerprint density at radius 3 is 2.68 bits per heavy atom.